The number of thioether (sulfide) groups is 1. The van der Waals surface area contributed by atoms with Crippen LogP contribution < -0.4 is 10.5 Å². The van der Waals surface area contributed by atoms with Crippen molar-refractivity contribution in [3.05, 3.63) is 31.9 Å². The number of aromatic nitrogens is 1. The van der Waals surface area contributed by atoms with Gasteiger partial charge in [-0.15, -0.1) is 0 Å². The van der Waals surface area contributed by atoms with E-state index < -0.39 is 0 Å². The molecule has 0 saturated carbocycles. The van der Waals surface area contributed by atoms with Gasteiger partial charge in [0.2, 0.25) is 0 Å². The van der Waals surface area contributed by atoms with E-state index in [9.17, 15) is 14.9 Å². The number of carbonyl (C=O) groups is 1. The van der Waals surface area contributed by atoms with Crippen LogP contribution in [0.1, 0.15) is 69.6 Å². The fourth-order valence-electron chi connectivity index (χ4n) is 5.62. The Morgan fingerprint density at radius 2 is 1.97 bits per heavy atom. The van der Waals surface area contributed by atoms with Gasteiger partial charge >= 0.3 is 0 Å². The van der Waals surface area contributed by atoms with Gasteiger partial charge in [-0.05, 0) is 56.1 Å². The zero-order valence-corrected chi connectivity index (χ0v) is 23.3. The molecule has 36 heavy (non-hydrogen) atoms. The lowest BCUT2D eigenvalue weighted by Crippen LogP contribution is -2.43. The highest BCUT2D eigenvalue weighted by Crippen LogP contribution is 2.37. The van der Waals surface area contributed by atoms with Gasteiger partial charge in [-0.25, -0.2) is 0 Å². The molecule has 3 fully saturated rings. The van der Waals surface area contributed by atoms with Crippen LogP contribution in [-0.2, 0) is 16.1 Å². The van der Waals surface area contributed by atoms with E-state index in [1.165, 1.54) is 11.8 Å². The second kappa shape index (κ2) is 11.5. The first-order valence-corrected chi connectivity index (χ1v) is 14.3. The number of unbranched alkanes of at least 4 members (excludes halogenated alkanes) is 1. The van der Waals surface area contributed by atoms with Gasteiger partial charge in [0.25, 0.3) is 11.5 Å². The molecule has 194 valence electrons. The molecule has 3 aliphatic heterocycles. The molecule has 3 atom stereocenters. The first kappa shape index (κ1) is 26.9. The third kappa shape index (κ3) is 5.41. The number of hydrogen-bond acceptors (Lipinski definition) is 7. The predicted molar refractivity (Wildman–Crippen MR) is 149 cm³/mol. The predicted octanol–water partition coefficient (Wildman–Crippen LogP) is 4.69. The van der Waals surface area contributed by atoms with E-state index in [0.29, 0.717) is 39.7 Å². The maximum Gasteiger partial charge on any atom is 0.270 e. The van der Waals surface area contributed by atoms with Crippen molar-refractivity contribution in [2.24, 2.45) is 11.8 Å². The molecule has 9 heteroatoms. The zero-order valence-electron chi connectivity index (χ0n) is 21.7. The van der Waals surface area contributed by atoms with Crippen LogP contribution in [0.3, 0.4) is 0 Å². The number of pyridine rings is 1. The van der Waals surface area contributed by atoms with E-state index in [2.05, 4.69) is 31.7 Å². The highest BCUT2D eigenvalue weighted by Gasteiger charge is 2.36. The molecule has 0 radical (unpaired) electrons. The summed E-state index contributed by atoms with van der Waals surface area (Å²) in [4.78, 5) is 31.4. The SMILES string of the molecule is CCCCn1c(N2CC(C)CC(C)C2)c(/C=C2/SC(=S)N(CC3CCCO3)C2=O)c(C)c(C#N)c1=O. The molecule has 4 heterocycles. The van der Waals surface area contributed by atoms with Crippen molar-refractivity contribution in [1.29, 1.82) is 5.26 Å². The van der Waals surface area contributed by atoms with Gasteiger partial charge in [-0.3, -0.25) is 19.1 Å². The fraction of sp³-hybridized carbons (Fsp3) is 0.630. The molecule has 0 bridgehead atoms. The first-order valence-electron chi connectivity index (χ1n) is 13.0. The maximum absolute atomic E-state index is 13.5. The largest absolute Gasteiger partial charge is 0.376 e. The van der Waals surface area contributed by atoms with Gasteiger partial charge in [-0.1, -0.05) is 51.2 Å². The van der Waals surface area contributed by atoms with Crippen LogP contribution in [-0.4, -0.2) is 52.0 Å². The maximum atomic E-state index is 13.5. The number of nitrogens with zero attached hydrogens (tertiary/aromatic N) is 4. The van der Waals surface area contributed by atoms with Gasteiger partial charge in [0.05, 0.1) is 17.6 Å². The average molecular weight is 529 g/mol. The molecule has 4 rings (SSSR count). The van der Waals surface area contributed by atoms with E-state index in [1.807, 2.05) is 13.0 Å². The van der Waals surface area contributed by atoms with Crippen molar-refractivity contribution in [2.45, 2.75) is 72.4 Å². The van der Waals surface area contributed by atoms with Crippen LogP contribution in [0.15, 0.2) is 9.70 Å². The highest BCUT2D eigenvalue weighted by molar-refractivity contribution is 8.26. The third-order valence-electron chi connectivity index (χ3n) is 7.31. The summed E-state index contributed by atoms with van der Waals surface area (Å²) in [5.74, 6) is 1.66. The Labute approximate surface area is 223 Å². The molecule has 0 aliphatic carbocycles. The van der Waals surface area contributed by atoms with Crippen molar-refractivity contribution < 1.29 is 9.53 Å². The lowest BCUT2D eigenvalue weighted by Gasteiger charge is -2.39. The summed E-state index contributed by atoms with van der Waals surface area (Å²) in [6.07, 6.45) is 6.73. The van der Waals surface area contributed by atoms with Gasteiger partial charge < -0.3 is 9.64 Å². The second-order valence-electron chi connectivity index (χ2n) is 10.4. The molecule has 0 N–H and O–H groups in total. The van der Waals surface area contributed by atoms with Gasteiger partial charge in [0.15, 0.2) is 0 Å². The van der Waals surface area contributed by atoms with Crippen LogP contribution in [0.4, 0.5) is 5.82 Å². The van der Waals surface area contributed by atoms with Gasteiger partial charge in [0, 0.05) is 31.8 Å². The number of thiocarbonyl (C=S) groups is 1. The Morgan fingerprint density at radius 1 is 1.25 bits per heavy atom. The number of rotatable bonds is 7. The van der Waals surface area contributed by atoms with Crippen LogP contribution >= 0.6 is 24.0 Å². The molecule has 1 aromatic heterocycles. The molecule has 0 aromatic carbocycles. The summed E-state index contributed by atoms with van der Waals surface area (Å²) in [6.45, 7) is 11.8. The quantitative estimate of drug-likeness (QED) is 0.375. The Bertz CT molecular complexity index is 1150. The second-order valence-corrected chi connectivity index (χ2v) is 12.1. The molecule has 0 spiro atoms. The molecule has 3 saturated heterocycles. The summed E-state index contributed by atoms with van der Waals surface area (Å²) in [7, 11) is 0. The van der Waals surface area contributed by atoms with Crippen LogP contribution in [0.5, 0.6) is 0 Å². The van der Waals surface area contributed by atoms with E-state index in [1.54, 1.807) is 9.47 Å². The summed E-state index contributed by atoms with van der Waals surface area (Å²) in [6, 6.07) is 2.14. The molecule has 1 aromatic rings. The third-order valence-corrected chi connectivity index (χ3v) is 8.69. The van der Waals surface area contributed by atoms with Crippen molar-refractivity contribution in [3.8, 4) is 6.07 Å². The number of piperidine rings is 1. The number of carbonyl (C=O) groups excluding carboxylic acids is 1. The number of nitriles is 1. The van der Waals surface area contributed by atoms with Gasteiger partial charge in [0.1, 0.15) is 21.8 Å². The average Bonchev–Trinajstić information content (AvgIpc) is 3.43. The Morgan fingerprint density at radius 3 is 2.58 bits per heavy atom. The van der Waals surface area contributed by atoms with Crippen molar-refractivity contribution in [3.63, 3.8) is 0 Å². The molecular weight excluding hydrogens is 492 g/mol. The molecule has 3 unspecified atom stereocenters. The Balaban J connectivity index is 1.83. The molecule has 7 nitrogen and oxygen atoms in total. The highest BCUT2D eigenvalue weighted by atomic mass is 32.2. The van der Waals surface area contributed by atoms with E-state index >= 15 is 0 Å². The van der Waals surface area contributed by atoms with Crippen LogP contribution in [0.25, 0.3) is 6.08 Å². The lowest BCUT2D eigenvalue weighted by atomic mass is 9.91. The van der Waals surface area contributed by atoms with Crippen molar-refractivity contribution >= 4 is 46.1 Å². The minimum Gasteiger partial charge on any atom is -0.376 e. The first-order chi connectivity index (χ1) is 17.2. The summed E-state index contributed by atoms with van der Waals surface area (Å²) in [5, 5.41) is 9.90. The van der Waals surface area contributed by atoms with E-state index in [0.717, 1.165) is 63.2 Å². The fourth-order valence-corrected chi connectivity index (χ4v) is 6.88. The summed E-state index contributed by atoms with van der Waals surface area (Å²) >= 11 is 6.86. The Hall–Kier alpha value is -2.15. The summed E-state index contributed by atoms with van der Waals surface area (Å²) < 4.78 is 8.04. The topological polar surface area (TPSA) is 78.6 Å². The van der Waals surface area contributed by atoms with Crippen molar-refractivity contribution in [2.75, 3.05) is 31.1 Å². The van der Waals surface area contributed by atoms with Crippen LogP contribution in [0, 0.1) is 30.1 Å². The Kier molecular flexibility index (Phi) is 8.59. The normalized spacial score (nSPS) is 25.8. The standard InChI is InChI=1S/C27H36N4O3S2/c1-5-6-9-30-24(29-14-17(2)11-18(3)15-29)21(19(4)22(13-28)25(30)32)12-23-26(33)31(27(35)36-23)16-20-8-7-10-34-20/h12,17-18,20H,5-11,14-16H2,1-4H3/b23-12+. The smallest absolute Gasteiger partial charge is 0.270 e. The minimum absolute atomic E-state index is 0.0154. The molecule has 1 amide bonds. The van der Waals surface area contributed by atoms with Gasteiger partial charge in [-0.2, -0.15) is 5.26 Å². The van der Waals surface area contributed by atoms with E-state index in [-0.39, 0.29) is 23.1 Å². The number of hydrogen-bond donors (Lipinski definition) is 0. The monoisotopic (exact) mass is 528 g/mol. The number of anilines is 1. The summed E-state index contributed by atoms with van der Waals surface area (Å²) in [5.41, 5.74) is 1.31. The minimum atomic E-state index is -0.243. The molecular formula is C27H36N4O3S2. The zero-order chi connectivity index (χ0) is 26.0. The molecule has 3 aliphatic rings. The number of amides is 1. The van der Waals surface area contributed by atoms with Crippen molar-refractivity contribution in [1.82, 2.24) is 9.47 Å². The number of ether oxygens (including phenoxy) is 1. The lowest BCUT2D eigenvalue weighted by molar-refractivity contribution is -0.123. The van der Waals surface area contributed by atoms with Crippen LogP contribution in [0.2, 0.25) is 0 Å². The van der Waals surface area contributed by atoms with E-state index in [4.69, 9.17) is 17.0 Å².